The predicted octanol–water partition coefficient (Wildman–Crippen LogP) is 6.70. The molecule has 0 spiro atoms. The number of hydrogen-bond acceptors (Lipinski definition) is 2. The van der Waals surface area contributed by atoms with Gasteiger partial charge in [-0.05, 0) is 19.9 Å². The van der Waals surface area contributed by atoms with Crippen LogP contribution in [0.2, 0.25) is 0 Å². The number of alkyl halides is 13. The minimum absolute atomic E-state index is 0.0187. The Balaban J connectivity index is 3.43. The molecule has 0 aromatic heterocycles. The molecule has 0 saturated carbocycles. The molecule has 1 aromatic carbocycles. The smallest absolute Gasteiger partial charge is 0.388 e. The zero-order valence-electron chi connectivity index (χ0n) is 16.8. The molecule has 0 heterocycles. The fourth-order valence-corrected chi connectivity index (χ4v) is 2.90. The maximum atomic E-state index is 14.1. The second kappa shape index (κ2) is 9.02. The zero-order chi connectivity index (χ0) is 26.3. The molecule has 0 aliphatic heterocycles. The Hall–Kier alpha value is -1.93. The Morgan fingerprint density at radius 2 is 1.12 bits per heavy atom. The highest BCUT2D eigenvalue weighted by Gasteiger charge is 2.90. The van der Waals surface area contributed by atoms with Crippen molar-refractivity contribution in [3.05, 3.63) is 29.8 Å². The lowest BCUT2D eigenvalue weighted by molar-refractivity contribution is -0.440. The molecule has 0 radical (unpaired) electrons. The van der Waals surface area contributed by atoms with Gasteiger partial charge in [0.15, 0.2) is 0 Å². The van der Waals surface area contributed by atoms with Gasteiger partial charge in [0.2, 0.25) is 0 Å². The summed E-state index contributed by atoms with van der Waals surface area (Å²) in [5, 5.41) is 10.00. The van der Waals surface area contributed by atoms with E-state index in [1.165, 1.54) is 17.0 Å². The third kappa shape index (κ3) is 4.69. The van der Waals surface area contributed by atoms with Crippen LogP contribution < -0.4 is 4.90 Å². The minimum Gasteiger partial charge on any atom is -0.388 e. The first kappa shape index (κ1) is 29.1. The lowest BCUT2D eigenvalue weighted by Crippen LogP contribution is -2.70. The third-order valence-corrected chi connectivity index (χ3v) is 4.85. The summed E-state index contributed by atoms with van der Waals surface area (Å²) in [4.78, 5) is 1.42. The van der Waals surface area contributed by atoms with Crippen LogP contribution in [0.5, 0.6) is 0 Å². The molecule has 0 aliphatic rings. The second-order valence-electron chi connectivity index (χ2n) is 6.95. The lowest BCUT2D eigenvalue weighted by atomic mass is 9.90. The Bertz CT molecular complexity index is 803. The fourth-order valence-electron chi connectivity index (χ4n) is 2.90. The van der Waals surface area contributed by atoms with Crippen LogP contribution >= 0.6 is 0 Å². The van der Waals surface area contributed by atoms with Crippen LogP contribution in [0.4, 0.5) is 62.8 Å². The molecule has 1 rings (SSSR count). The molecule has 1 unspecified atom stereocenters. The molecule has 0 bridgehead atoms. The van der Waals surface area contributed by atoms with E-state index in [9.17, 15) is 62.2 Å². The minimum atomic E-state index is -7.96. The van der Waals surface area contributed by atoms with Crippen molar-refractivity contribution in [2.75, 3.05) is 18.0 Å². The molecule has 33 heavy (non-hydrogen) atoms. The van der Waals surface area contributed by atoms with Crippen molar-refractivity contribution in [1.29, 1.82) is 0 Å². The fraction of sp³-hybridized carbons (Fsp3) is 0.667. The Morgan fingerprint density at radius 3 is 1.55 bits per heavy atom. The summed E-state index contributed by atoms with van der Waals surface area (Å²) in [6.45, 7) is 3.53. The molecular weight excluding hydrogens is 493 g/mol. The quantitative estimate of drug-likeness (QED) is 0.354. The summed E-state index contributed by atoms with van der Waals surface area (Å²) >= 11 is 0. The van der Waals surface area contributed by atoms with E-state index in [2.05, 4.69) is 0 Å². The van der Waals surface area contributed by atoms with E-state index in [0.717, 1.165) is 12.1 Å². The van der Waals surface area contributed by atoms with Crippen molar-refractivity contribution in [3.8, 4) is 0 Å². The van der Waals surface area contributed by atoms with Crippen LogP contribution in [0.25, 0.3) is 0 Å². The van der Waals surface area contributed by atoms with Gasteiger partial charge in [-0.15, -0.1) is 0 Å². The highest BCUT2D eigenvalue weighted by Crippen LogP contribution is 2.61. The Labute approximate surface area is 179 Å². The lowest BCUT2D eigenvalue weighted by Gasteiger charge is -2.40. The Morgan fingerprint density at radius 1 is 0.697 bits per heavy atom. The number of nitrogens with zero attached hydrogens (tertiary/aromatic N) is 1. The first-order valence-corrected chi connectivity index (χ1v) is 9.11. The molecule has 1 atom stereocenters. The standard InChI is InChI=1S/C18H18F13NO/c1-3-32(4-2)11-8-6-5-7-10(11)12(33)9-13(19,20)14(21,22)15(23,24)16(25,26)17(27,28)18(29,30)31/h5-8,12,33H,3-4,9H2,1-2H3. The topological polar surface area (TPSA) is 23.5 Å². The van der Waals surface area contributed by atoms with Gasteiger partial charge in [-0.25, -0.2) is 0 Å². The molecule has 192 valence electrons. The summed E-state index contributed by atoms with van der Waals surface area (Å²) in [6, 6.07) is 4.63. The van der Waals surface area contributed by atoms with E-state index >= 15 is 0 Å². The normalized spacial score (nSPS) is 15.5. The van der Waals surface area contributed by atoms with Gasteiger partial charge in [0, 0.05) is 30.8 Å². The molecule has 2 nitrogen and oxygen atoms in total. The first-order chi connectivity index (χ1) is 14.6. The first-order valence-electron chi connectivity index (χ1n) is 9.11. The van der Waals surface area contributed by atoms with Gasteiger partial charge in [0.05, 0.1) is 6.10 Å². The van der Waals surface area contributed by atoms with E-state index in [-0.39, 0.29) is 18.8 Å². The third-order valence-electron chi connectivity index (χ3n) is 4.85. The average molecular weight is 511 g/mol. The second-order valence-corrected chi connectivity index (χ2v) is 6.95. The van der Waals surface area contributed by atoms with Crippen LogP contribution in [0, 0.1) is 0 Å². The van der Waals surface area contributed by atoms with Crippen LogP contribution in [-0.2, 0) is 0 Å². The average Bonchev–Trinajstić information content (AvgIpc) is 2.67. The molecular formula is C18H18F13NO. The number of hydrogen-bond donors (Lipinski definition) is 1. The number of benzene rings is 1. The van der Waals surface area contributed by atoms with Crippen molar-refractivity contribution >= 4 is 5.69 Å². The summed E-state index contributed by atoms with van der Waals surface area (Å²) in [5.74, 6) is -37.4. The van der Waals surface area contributed by atoms with Gasteiger partial charge in [0.25, 0.3) is 0 Å². The van der Waals surface area contributed by atoms with Gasteiger partial charge in [-0.1, -0.05) is 18.2 Å². The maximum absolute atomic E-state index is 14.1. The van der Waals surface area contributed by atoms with Gasteiger partial charge in [-0.2, -0.15) is 57.1 Å². The van der Waals surface area contributed by atoms with E-state index in [1.807, 2.05) is 0 Å². The number of aliphatic hydroxyl groups is 1. The summed E-state index contributed by atoms with van der Waals surface area (Å²) < 4.78 is 172. The monoisotopic (exact) mass is 511 g/mol. The molecule has 1 aromatic rings. The van der Waals surface area contributed by atoms with E-state index in [0.29, 0.717) is 0 Å². The van der Waals surface area contributed by atoms with Crippen molar-refractivity contribution in [2.45, 2.75) is 62.2 Å². The van der Waals surface area contributed by atoms with Crippen LogP contribution in [-0.4, -0.2) is 54.0 Å². The van der Waals surface area contributed by atoms with Gasteiger partial charge < -0.3 is 10.0 Å². The number of aliphatic hydroxyl groups excluding tert-OH is 1. The highest BCUT2D eigenvalue weighted by molar-refractivity contribution is 5.54. The van der Waals surface area contributed by atoms with Crippen LogP contribution in [0.3, 0.4) is 0 Å². The van der Waals surface area contributed by atoms with Crippen molar-refractivity contribution in [2.24, 2.45) is 0 Å². The summed E-state index contributed by atoms with van der Waals surface area (Å²) in [7, 11) is 0. The van der Waals surface area contributed by atoms with Gasteiger partial charge in [0.1, 0.15) is 0 Å². The molecule has 1 N–H and O–H groups in total. The van der Waals surface area contributed by atoms with Crippen molar-refractivity contribution in [3.63, 3.8) is 0 Å². The number of anilines is 1. The van der Waals surface area contributed by atoms with E-state index in [4.69, 9.17) is 0 Å². The zero-order valence-corrected chi connectivity index (χ0v) is 16.8. The van der Waals surface area contributed by atoms with Crippen molar-refractivity contribution in [1.82, 2.24) is 0 Å². The van der Waals surface area contributed by atoms with Gasteiger partial charge in [-0.3, -0.25) is 0 Å². The van der Waals surface area contributed by atoms with E-state index < -0.39 is 53.9 Å². The SMILES string of the molecule is CCN(CC)c1ccccc1C(O)CC(F)(F)C(F)(F)C(F)(F)C(F)(F)C(F)(F)C(F)(F)F. The predicted molar refractivity (Wildman–Crippen MR) is 90.4 cm³/mol. The highest BCUT2D eigenvalue weighted by atomic mass is 19.4. The molecule has 15 heteroatoms. The Kier molecular flexibility index (Phi) is 7.96. The summed E-state index contributed by atoms with van der Waals surface area (Å²) in [6.07, 6.45) is -12.9. The number of para-hydroxylation sites is 1. The molecule has 0 aliphatic carbocycles. The number of rotatable bonds is 10. The summed E-state index contributed by atoms with van der Waals surface area (Å²) in [5.41, 5.74) is -0.540. The largest absolute Gasteiger partial charge is 0.460 e. The van der Waals surface area contributed by atoms with Gasteiger partial charge >= 0.3 is 35.8 Å². The van der Waals surface area contributed by atoms with E-state index in [1.54, 1.807) is 13.8 Å². The van der Waals surface area contributed by atoms with Crippen LogP contribution in [0.15, 0.2) is 24.3 Å². The maximum Gasteiger partial charge on any atom is 0.460 e. The molecule has 0 fully saturated rings. The van der Waals surface area contributed by atoms with Crippen molar-refractivity contribution < 1.29 is 62.2 Å². The number of halogens is 13. The molecule has 0 amide bonds. The molecule has 0 saturated heterocycles. The van der Waals surface area contributed by atoms with Crippen LogP contribution in [0.1, 0.15) is 31.9 Å².